The number of benzene rings is 1. The molecule has 78 valence electrons. The van der Waals surface area contributed by atoms with Gasteiger partial charge in [0, 0.05) is 24.2 Å². The van der Waals surface area contributed by atoms with Crippen molar-refractivity contribution in [1.29, 1.82) is 0 Å². The summed E-state index contributed by atoms with van der Waals surface area (Å²) in [6, 6.07) is 6.30. The zero-order valence-electron chi connectivity index (χ0n) is 8.68. The van der Waals surface area contributed by atoms with Crippen LogP contribution in [0.5, 0.6) is 0 Å². The van der Waals surface area contributed by atoms with E-state index < -0.39 is 0 Å². The van der Waals surface area contributed by atoms with E-state index in [-0.39, 0.29) is 0 Å². The minimum atomic E-state index is 0.341. The highest BCUT2D eigenvalue weighted by Crippen LogP contribution is 2.18. The maximum absolute atomic E-state index is 6.01. The average Bonchev–Trinajstić information content (AvgIpc) is 2.20. The topological polar surface area (TPSA) is 38.0 Å². The SMILES string of the molecule is Cc1c(Cl)cccc1CNC(C)CN. The molecule has 1 unspecified atom stereocenters. The number of rotatable bonds is 4. The minimum Gasteiger partial charge on any atom is -0.329 e. The van der Waals surface area contributed by atoms with Crippen molar-refractivity contribution in [2.45, 2.75) is 26.4 Å². The van der Waals surface area contributed by atoms with Crippen molar-refractivity contribution in [2.75, 3.05) is 6.54 Å². The van der Waals surface area contributed by atoms with Gasteiger partial charge in [-0.15, -0.1) is 0 Å². The molecule has 1 atom stereocenters. The Balaban J connectivity index is 2.63. The molecule has 1 rings (SSSR count). The summed E-state index contributed by atoms with van der Waals surface area (Å²) in [5.74, 6) is 0. The Hall–Kier alpha value is -0.570. The van der Waals surface area contributed by atoms with E-state index in [0.29, 0.717) is 12.6 Å². The fraction of sp³-hybridized carbons (Fsp3) is 0.455. The third kappa shape index (κ3) is 2.98. The molecule has 14 heavy (non-hydrogen) atoms. The van der Waals surface area contributed by atoms with Crippen LogP contribution >= 0.6 is 11.6 Å². The first-order valence-electron chi connectivity index (χ1n) is 4.82. The van der Waals surface area contributed by atoms with Gasteiger partial charge in [-0.2, -0.15) is 0 Å². The van der Waals surface area contributed by atoms with Crippen molar-refractivity contribution in [3.05, 3.63) is 34.3 Å². The average molecular weight is 213 g/mol. The van der Waals surface area contributed by atoms with E-state index in [0.717, 1.165) is 17.1 Å². The molecule has 0 heterocycles. The monoisotopic (exact) mass is 212 g/mol. The first-order chi connectivity index (χ1) is 6.65. The fourth-order valence-electron chi connectivity index (χ4n) is 1.21. The van der Waals surface area contributed by atoms with Crippen LogP contribution in [0.3, 0.4) is 0 Å². The predicted molar refractivity (Wildman–Crippen MR) is 61.5 cm³/mol. The maximum atomic E-state index is 6.01. The van der Waals surface area contributed by atoms with Gasteiger partial charge in [-0.25, -0.2) is 0 Å². The molecule has 3 heteroatoms. The summed E-state index contributed by atoms with van der Waals surface area (Å²) >= 11 is 6.01. The summed E-state index contributed by atoms with van der Waals surface area (Å²) in [4.78, 5) is 0. The minimum absolute atomic E-state index is 0.341. The van der Waals surface area contributed by atoms with Crippen LogP contribution in [-0.4, -0.2) is 12.6 Å². The highest BCUT2D eigenvalue weighted by atomic mass is 35.5. The molecule has 0 amide bonds. The van der Waals surface area contributed by atoms with Crippen LogP contribution in [0.25, 0.3) is 0 Å². The molecule has 1 aromatic carbocycles. The van der Waals surface area contributed by atoms with Crippen LogP contribution < -0.4 is 11.1 Å². The van der Waals surface area contributed by atoms with Crippen molar-refractivity contribution in [3.8, 4) is 0 Å². The normalized spacial score (nSPS) is 12.9. The third-order valence-corrected chi connectivity index (χ3v) is 2.78. The lowest BCUT2D eigenvalue weighted by Crippen LogP contribution is -2.32. The Morgan fingerprint density at radius 2 is 2.21 bits per heavy atom. The Morgan fingerprint density at radius 3 is 2.86 bits per heavy atom. The lowest BCUT2D eigenvalue weighted by Gasteiger charge is -2.13. The highest BCUT2D eigenvalue weighted by Gasteiger charge is 2.03. The second kappa shape index (κ2) is 5.35. The van der Waals surface area contributed by atoms with E-state index in [4.69, 9.17) is 17.3 Å². The molecule has 0 saturated carbocycles. The molecule has 0 fully saturated rings. The quantitative estimate of drug-likeness (QED) is 0.802. The Kier molecular flexibility index (Phi) is 4.39. The summed E-state index contributed by atoms with van der Waals surface area (Å²) in [7, 11) is 0. The number of nitrogens with one attached hydrogen (secondary N) is 1. The van der Waals surface area contributed by atoms with Crippen LogP contribution in [-0.2, 0) is 6.54 Å². The van der Waals surface area contributed by atoms with E-state index >= 15 is 0 Å². The van der Waals surface area contributed by atoms with Crippen LogP contribution in [0.1, 0.15) is 18.1 Å². The number of halogens is 1. The fourth-order valence-corrected chi connectivity index (χ4v) is 1.41. The van der Waals surface area contributed by atoms with Gasteiger partial charge in [0.1, 0.15) is 0 Å². The Morgan fingerprint density at radius 1 is 1.50 bits per heavy atom. The molecule has 3 N–H and O–H groups in total. The van der Waals surface area contributed by atoms with Gasteiger partial charge < -0.3 is 11.1 Å². The van der Waals surface area contributed by atoms with Gasteiger partial charge in [-0.1, -0.05) is 23.7 Å². The summed E-state index contributed by atoms with van der Waals surface area (Å²) in [5, 5.41) is 4.16. The van der Waals surface area contributed by atoms with Gasteiger partial charge in [0.25, 0.3) is 0 Å². The van der Waals surface area contributed by atoms with Crippen LogP contribution in [0.15, 0.2) is 18.2 Å². The van der Waals surface area contributed by atoms with Gasteiger partial charge in [-0.3, -0.25) is 0 Å². The molecular formula is C11H17ClN2. The standard InChI is InChI=1S/C11H17ClN2/c1-8(6-13)14-7-10-4-3-5-11(12)9(10)2/h3-5,8,14H,6-7,13H2,1-2H3. The molecule has 2 nitrogen and oxygen atoms in total. The second-order valence-corrected chi connectivity index (χ2v) is 3.95. The summed E-state index contributed by atoms with van der Waals surface area (Å²) in [6.45, 7) is 5.58. The molecule has 0 saturated heterocycles. The molecule has 0 spiro atoms. The van der Waals surface area contributed by atoms with Crippen molar-refractivity contribution in [1.82, 2.24) is 5.32 Å². The summed E-state index contributed by atoms with van der Waals surface area (Å²) in [6.07, 6.45) is 0. The largest absolute Gasteiger partial charge is 0.329 e. The van der Waals surface area contributed by atoms with Gasteiger partial charge in [0.15, 0.2) is 0 Å². The van der Waals surface area contributed by atoms with Crippen molar-refractivity contribution < 1.29 is 0 Å². The first kappa shape index (κ1) is 11.5. The van der Waals surface area contributed by atoms with Gasteiger partial charge in [0.05, 0.1) is 0 Å². The zero-order valence-corrected chi connectivity index (χ0v) is 9.43. The smallest absolute Gasteiger partial charge is 0.0438 e. The molecule has 0 aromatic heterocycles. The van der Waals surface area contributed by atoms with Gasteiger partial charge in [0.2, 0.25) is 0 Å². The van der Waals surface area contributed by atoms with Crippen molar-refractivity contribution in [3.63, 3.8) is 0 Å². The van der Waals surface area contributed by atoms with E-state index in [1.807, 2.05) is 19.1 Å². The number of hydrogen-bond donors (Lipinski definition) is 2. The third-order valence-electron chi connectivity index (χ3n) is 2.37. The first-order valence-corrected chi connectivity index (χ1v) is 5.20. The zero-order chi connectivity index (χ0) is 10.6. The molecule has 0 aliphatic heterocycles. The lowest BCUT2D eigenvalue weighted by atomic mass is 10.1. The van der Waals surface area contributed by atoms with Crippen molar-refractivity contribution in [2.24, 2.45) is 5.73 Å². The number of nitrogens with two attached hydrogens (primary N) is 1. The molecule has 1 aromatic rings. The van der Waals surface area contributed by atoms with E-state index in [9.17, 15) is 0 Å². The van der Waals surface area contributed by atoms with E-state index in [1.165, 1.54) is 5.56 Å². The van der Waals surface area contributed by atoms with Crippen LogP contribution in [0.4, 0.5) is 0 Å². The van der Waals surface area contributed by atoms with Crippen molar-refractivity contribution >= 4 is 11.6 Å². The lowest BCUT2D eigenvalue weighted by molar-refractivity contribution is 0.555. The molecule has 0 aliphatic rings. The van der Waals surface area contributed by atoms with E-state index in [1.54, 1.807) is 0 Å². The molecule has 0 radical (unpaired) electrons. The molecular weight excluding hydrogens is 196 g/mol. The van der Waals surface area contributed by atoms with E-state index in [2.05, 4.69) is 18.3 Å². The predicted octanol–water partition coefficient (Wildman–Crippen LogP) is 2.09. The number of hydrogen-bond acceptors (Lipinski definition) is 2. The molecule has 0 aliphatic carbocycles. The van der Waals surface area contributed by atoms with Crippen LogP contribution in [0.2, 0.25) is 5.02 Å². The maximum Gasteiger partial charge on any atom is 0.0438 e. The highest BCUT2D eigenvalue weighted by molar-refractivity contribution is 6.31. The van der Waals surface area contributed by atoms with Crippen LogP contribution in [0, 0.1) is 6.92 Å². The Labute approximate surface area is 90.4 Å². The Bertz CT molecular complexity index is 299. The second-order valence-electron chi connectivity index (χ2n) is 3.54. The van der Waals surface area contributed by atoms with Gasteiger partial charge in [-0.05, 0) is 31.0 Å². The molecule has 0 bridgehead atoms. The summed E-state index contributed by atoms with van der Waals surface area (Å²) < 4.78 is 0. The summed E-state index contributed by atoms with van der Waals surface area (Å²) in [5.41, 5.74) is 7.89. The van der Waals surface area contributed by atoms with Gasteiger partial charge >= 0.3 is 0 Å².